The Labute approximate surface area is 161 Å². The van der Waals surface area contributed by atoms with Crippen LogP contribution >= 0.6 is 22.9 Å². The van der Waals surface area contributed by atoms with Crippen molar-refractivity contribution in [1.29, 1.82) is 0 Å². The van der Waals surface area contributed by atoms with Crippen LogP contribution in [0.3, 0.4) is 0 Å². The second-order valence-electron chi connectivity index (χ2n) is 6.83. The summed E-state index contributed by atoms with van der Waals surface area (Å²) < 4.78 is 1.01. The number of fused-ring (bicyclic) bond motifs is 1. The number of hydrogen-bond acceptors (Lipinski definition) is 4. The Balaban J connectivity index is 1.74. The van der Waals surface area contributed by atoms with E-state index in [1.807, 2.05) is 42.3 Å². The lowest BCUT2D eigenvalue weighted by Gasteiger charge is -2.23. The van der Waals surface area contributed by atoms with Gasteiger partial charge < -0.3 is 0 Å². The van der Waals surface area contributed by atoms with Gasteiger partial charge in [0.05, 0.1) is 16.8 Å². The molecule has 0 radical (unpaired) electrons. The number of halogens is 1. The van der Waals surface area contributed by atoms with Crippen molar-refractivity contribution in [2.24, 2.45) is 5.92 Å². The Morgan fingerprint density at radius 1 is 1.35 bits per heavy atom. The highest BCUT2D eigenvalue weighted by Crippen LogP contribution is 2.36. The minimum Gasteiger partial charge on any atom is -0.283 e. The molecule has 26 heavy (non-hydrogen) atoms. The molecule has 1 fully saturated rings. The minimum atomic E-state index is 0.100. The van der Waals surface area contributed by atoms with Gasteiger partial charge in [0.1, 0.15) is 0 Å². The maximum Gasteiger partial charge on any atom is 0.232 e. The summed E-state index contributed by atoms with van der Waals surface area (Å²) in [5, 5.41) is 1.44. The molecule has 1 amide bonds. The molecule has 0 bridgehead atoms. The molecule has 1 saturated carbocycles. The van der Waals surface area contributed by atoms with Crippen molar-refractivity contribution in [3.8, 4) is 0 Å². The number of carbonyl (C=O) groups is 1. The number of pyridine rings is 1. The lowest BCUT2D eigenvalue weighted by atomic mass is 10.1. The number of aromatic nitrogens is 2. The molecule has 0 saturated heterocycles. The third-order valence-electron chi connectivity index (χ3n) is 4.90. The summed E-state index contributed by atoms with van der Waals surface area (Å²) >= 11 is 7.73. The second kappa shape index (κ2) is 7.33. The van der Waals surface area contributed by atoms with Crippen LogP contribution in [0.4, 0.5) is 5.13 Å². The van der Waals surface area contributed by atoms with Crippen LogP contribution in [0.2, 0.25) is 5.02 Å². The number of carbonyl (C=O) groups excluding carboxylic acids is 1. The van der Waals surface area contributed by atoms with Crippen LogP contribution in [0.5, 0.6) is 0 Å². The van der Waals surface area contributed by atoms with Gasteiger partial charge in [0.2, 0.25) is 5.91 Å². The average molecular weight is 386 g/mol. The molecule has 3 aromatic rings. The zero-order valence-electron chi connectivity index (χ0n) is 14.6. The summed E-state index contributed by atoms with van der Waals surface area (Å²) in [5.74, 6) is 0.275. The number of benzene rings is 1. The second-order valence-corrected chi connectivity index (χ2v) is 8.28. The largest absolute Gasteiger partial charge is 0.283 e. The molecule has 0 N–H and O–H groups in total. The van der Waals surface area contributed by atoms with Gasteiger partial charge in [-0.1, -0.05) is 41.8 Å². The number of thiazole rings is 1. The molecule has 6 heteroatoms. The van der Waals surface area contributed by atoms with Crippen LogP contribution in [-0.4, -0.2) is 15.9 Å². The summed E-state index contributed by atoms with van der Waals surface area (Å²) in [7, 11) is 0. The van der Waals surface area contributed by atoms with E-state index in [9.17, 15) is 4.79 Å². The van der Waals surface area contributed by atoms with E-state index in [1.165, 1.54) is 11.3 Å². The highest BCUT2D eigenvalue weighted by Gasteiger charge is 2.30. The number of aryl methyl sites for hydroxylation is 1. The summed E-state index contributed by atoms with van der Waals surface area (Å²) in [6, 6.07) is 7.73. The number of nitrogens with zero attached hydrogens (tertiary/aromatic N) is 3. The van der Waals surface area contributed by atoms with E-state index in [1.54, 1.807) is 6.20 Å². The molecule has 1 aliphatic rings. The molecule has 0 atom stereocenters. The monoisotopic (exact) mass is 385 g/mol. The normalized spacial score (nSPS) is 14.8. The van der Waals surface area contributed by atoms with E-state index in [0.717, 1.165) is 52.2 Å². The van der Waals surface area contributed by atoms with E-state index >= 15 is 0 Å². The topological polar surface area (TPSA) is 46.1 Å². The van der Waals surface area contributed by atoms with Crippen molar-refractivity contribution < 1.29 is 4.79 Å². The number of rotatable bonds is 4. The quantitative estimate of drug-likeness (QED) is 0.605. The van der Waals surface area contributed by atoms with Crippen molar-refractivity contribution in [2.45, 2.75) is 39.2 Å². The Kier molecular flexibility index (Phi) is 4.92. The highest BCUT2D eigenvalue weighted by molar-refractivity contribution is 7.22. The summed E-state index contributed by atoms with van der Waals surface area (Å²) in [4.78, 5) is 24.0. The molecule has 0 unspecified atom stereocenters. The fourth-order valence-electron chi connectivity index (χ4n) is 3.57. The van der Waals surface area contributed by atoms with Gasteiger partial charge in [-0.2, -0.15) is 0 Å². The smallest absolute Gasteiger partial charge is 0.232 e. The van der Waals surface area contributed by atoms with E-state index < -0.39 is 0 Å². The Hall–Kier alpha value is -1.98. The van der Waals surface area contributed by atoms with Crippen LogP contribution in [0.25, 0.3) is 10.2 Å². The van der Waals surface area contributed by atoms with E-state index in [4.69, 9.17) is 16.6 Å². The maximum absolute atomic E-state index is 13.2. The molecule has 1 aromatic carbocycles. The Morgan fingerprint density at radius 2 is 2.15 bits per heavy atom. The van der Waals surface area contributed by atoms with Crippen LogP contribution < -0.4 is 4.90 Å². The highest BCUT2D eigenvalue weighted by atomic mass is 35.5. The van der Waals surface area contributed by atoms with Gasteiger partial charge in [0.25, 0.3) is 0 Å². The van der Waals surface area contributed by atoms with Gasteiger partial charge in [-0.25, -0.2) is 4.98 Å². The van der Waals surface area contributed by atoms with Crippen molar-refractivity contribution in [2.75, 3.05) is 4.90 Å². The Bertz CT molecular complexity index is 935. The fourth-order valence-corrected chi connectivity index (χ4v) is 4.99. The number of hydrogen-bond donors (Lipinski definition) is 0. The molecule has 4 nitrogen and oxygen atoms in total. The first kappa shape index (κ1) is 17.4. The summed E-state index contributed by atoms with van der Waals surface area (Å²) in [6.45, 7) is 2.50. The molecular formula is C20H20ClN3OS. The standard InChI is InChI=1S/C20H20ClN3OS/c1-13-9-16(21)10-17-18(13)23-20(26-17)24(12-14-5-4-8-22-11-14)19(25)15-6-2-3-7-15/h4-5,8-11,15H,2-3,6-7,12H2,1H3. The summed E-state index contributed by atoms with van der Waals surface area (Å²) in [6.07, 6.45) is 7.76. The van der Waals surface area contributed by atoms with Crippen LogP contribution in [0.1, 0.15) is 36.8 Å². The first-order valence-electron chi connectivity index (χ1n) is 8.89. The first-order valence-corrected chi connectivity index (χ1v) is 10.1. The molecule has 134 valence electrons. The first-order chi connectivity index (χ1) is 12.6. The van der Waals surface area contributed by atoms with Gasteiger partial charge in [0.15, 0.2) is 5.13 Å². The zero-order chi connectivity index (χ0) is 18.1. The zero-order valence-corrected chi connectivity index (χ0v) is 16.2. The molecular weight excluding hydrogens is 366 g/mol. The van der Waals surface area contributed by atoms with Gasteiger partial charge in [-0.15, -0.1) is 0 Å². The molecule has 0 aliphatic heterocycles. The van der Waals surface area contributed by atoms with Crippen molar-refractivity contribution >= 4 is 44.2 Å². The molecule has 0 spiro atoms. The van der Waals surface area contributed by atoms with Crippen LogP contribution in [0, 0.1) is 12.8 Å². The number of amides is 1. The molecule has 1 aliphatic carbocycles. The van der Waals surface area contributed by atoms with Crippen LogP contribution in [0.15, 0.2) is 36.7 Å². The molecule has 2 aromatic heterocycles. The molecule has 2 heterocycles. The lowest BCUT2D eigenvalue weighted by molar-refractivity contribution is -0.122. The van der Waals surface area contributed by atoms with Crippen molar-refractivity contribution in [3.63, 3.8) is 0 Å². The minimum absolute atomic E-state index is 0.100. The molecule has 4 rings (SSSR count). The third-order valence-corrected chi connectivity index (χ3v) is 6.15. The fraction of sp³-hybridized carbons (Fsp3) is 0.350. The van der Waals surface area contributed by atoms with E-state index in [0.29, 0.717) is 11.6 Å². The SMILES string of the molecule is Cc1cc(Cl)cc2sc(N(Cc3cccnc3)C(=O)C3CCCC3)nc12. The van der Waals surface area contributed by atoms with Gasteiger partial charge in [-0.05, 0) is 49.1 Å². The average Bonchev–Trinajstić information content (AvgIpc) is 3.29. The third kappa shape index (κ3) is 3.46. The van der Waals surface area contributed by atoms with Gasteiger partial charge in [0, 0.05) is 23.3 Å². The predicted molar refractivity (Wildman–Crippen MR) is 107 cm³/mol. The lowest BCUT2D eigenvalue weighted by Crippen LogP contribution is -2.34. The van der Waals surface area contributed by atoms with Crippen molar-refractivity contribution in [3.05, 3.63) is 52.8 Å². The van der Waals surface area contributed by atoms with Gasteiger partial charge >= 0.3 is 0 Å². The predicted octanol–water partition coefficient (Wildman–Crippen LogP) is 5.38. The van der Waals surface area contributed by atoms with Gasteiger partial charge in [-0.3, -0.25) is 14.7 Å². The van der Waals surface area contributed by atoms with Crippen molar-refractivity contribution in [1.82, 2.24) is 9.97 Å². The van der Waals surface area contributed by atoms with E-state index in [2.05, 4.69) is 4.98 Å². The summed E-state index contributed by atoms with van der Waals surface area (Å²) in [5.41, 5.74) is 2.96. The Morgan fingerprint density at radius 3 is 2.88 bits per heavy atom. The van der Waals surface area contributed by atoms with E-state index in [-0.39, 0.29) is 11.8 Å². The van der Waals surface area contributed by atoms with Crippen LogP contribution in [-0.2, 0) is 11.3 Å². The maximum atomic E-state index is 13.2. The number of anilines is 1.